The van der Waals surface area contributed by atoms with E-state index in [1.807, 2.05) is 49.4 Å². The third kappa shape index (κ3) is 4.97. The molecule has 0 radical (unpaired) electrons. The Morgan fingerprint density at radius 2 is 1.65 bits per heavy atom. The van der Waals surface area contributed by atoms with Crippen LogP contribution in [-0.4, -0.2) is 31.7 Å². The van der Waals surface area contributed by atoms with Crippen molar-refractivity contribution in [2.24, 2.45) is 0 Å². The lowest BCUT2D eigenvalue weighted by Crippen LogP contribution is -2.29. The number of aliphatic hydroxyl groups is 1. The van der Waals surface area contributed by atoms with Crippen molar-refractivity contribution in [3.05, 3.63) is 131 Å². The molecule has 184 valence electrons. The second kappa shape index (κ2) is 10.5. The molecule has 7 nitrogen and oxygen atoms in total. The maximum absolute atomic E-state index is 13.3. The van der Waals surface area contributed by atoms with Gasteiger partial charge in [0.05, 0.1) is 11.6 Å². The van der Waals surface area contributed by atoms with Gasteiger partial charge in [-0.25, -0.2) is 0 Å². The van der Waals surface area contributed by atoms with Gasteiger partial charge in [-0.15, -0.1) is 0 Å². The molecule has 4 aromatic rings. The monoisotopic (exact) mass is 491 g/mol. The Bertz CT molecular complexity index is 1450. The van der Waals surface area contributed by atoms with Crippen molar-refractivity contribution in [3.63, 3.8) is 0 Å². The van der Waals surface area contributed by atoms with Crippen molar-refractivity contribution in [2.75, 3.05) is 0 Å². The van der Waals surface area contributed by atoms with E-state index in [-0.39, 0.29) is 17.9 Å². The van der Waals surface area contributed by atoms with E-state index in [0.717, 1.165) is 11.1 Å². The molecule has 0 unspecified atom stereocenters. The summed E-state index contributed by atoms with van der Waals surface area (Å²) in [5, 5.41) is 11.4. The molecule has 0 bridgehead atoms. The first kappa shape index (κ1) is 23.9. The van der Waals surface area contributed by atoms with Crippen molar-refractivity contribution >= 4 is 17.4 Å². The minimum atomic E-state index is -0.790. The fourth-order valence-corrected chi connectivity index (χ4v) is 4.49. The highest BCUT2D eigenvalue weighted by Gasteiger charge is 2.46. The molecule has 2 aromatic heterocycles. The topological polar surface area (TPSA) is 92.6 Å². The highest BCUT2D eigenvalue weighted by molar-refractivity contribution is 6.46. The van der Waals surface area contributed by atoms with E-state index in [0.29, 0.717) is 29.0 Å². The molecule has 1 amide bonds. The maximum Gasteiger partial charge on any atom is 0.295 e. The number of aromatic nitrogens is 2. The zero-order valence-electron chi connectivity index (χ0n) is 20.2. The average molecular weight is 492 g/mol. The van der Waals surface area contributed by atoms with Crippen LogP contribution < -0.4 is 4.74 Å². The predicted molar refractivity (Wildman–Crippen MR) is 138 cm³/mol. The van der Waals surface area contributed by atoms with E-state index in [4.69, 9.17) is 4.74 Å². The first-order valence-corrected chi connectivity index (χ1v) is 11.9. The maximum atomic E-state index is 13.3. The highest BCUT2D eigenvalue weighted by Crippen LogP contribution is 2.40. The van der Waals surface area contributed by atoms with Crippen molar-refractivity contribution in [3.8, 4) is 5.75 Å². The number of rotatable bonds is 7. The largest absolute Gasteiger partial charge is 0.507 e. The molecule has 5 rings (SSSR count). The summed E-state index contributed by atoms with van der Waals surface area (Å²) in [5.74, 6) is -1.01. The minimum absolute atomic E-state index is 0.0305. The summed E-state index contributed by atoms with van der Waals surface area (Å²) in [5.41, 5.74) is 3.65. The van der Waals surface area contributed by atoms with Crippen LogP contribution in [0.25, 0.3) is 5.76 Å². The summed E-state index contributed by atoms with van der Waals surface area (Å²) in [4.78, 5) is 36.2. The summed E-state index contributed by atoms with van der Waals surface area (Å²) in [6.45, 7) is 2.40. The van der Waals surface area contributed by atoms with Crippen LogP contribution >= 0.6 is 0 Å². The molecule has 1 N–H and O–H groups in total. The number of ether oxygens (including phenoxy) is 1. The number of benzene rings is 2. The molecule has 1 saturated heterocycles. The Labute approximate surface area is 214 Å². The smallest absolute Gasteiger partial charge is 0.295 e. The van der Waals surface area contributed by atoms with E-state index < -0.39 is 17.7 Å². The van der Waals surface area contributed by atoms with Crippen molar-refractivity contribution in [1.82, 2.24) is 14.9 Å². The van der Waals surface area contributed by atoms with Gasteiger partial charge in [0.1, 0.15) is 18.1 Å². The lowest BCUT2D eigenvalue weighted by Gasteiger charge is -2.25. The number of amides is 1. The van der Waals surface area contributed by atoms with E-state index >= 15 is 0 Å². The molecule has 0 aliphatic carbocycles. The lowest BCUT2D eigenvalue weighted by atomic mass is 9.94. The number of hydrogen-bond donors (Lipinski definition) is 1. The Morgan fingerprint density at radius 1 is 0.919 bits per heavy atom. The minimum Gasteiger partial charge on any atom is -0.507 e. The fraction of sp³-hybridized carbons (Fsp3) is 0.133. The first-order valence-electron chi connectivity index (χ1n) is 11.9. The van der Waals surface area contributed by atoms with Crippen LogP contribution in [0.1, 0.15) is 33.9 Å². The molecular weight excluding hydrogens is 466 g/mol. The van der Waals surface area contributed by atoms with Gasteiger partial charge in [0, 0.05) is 36.9 Å². The van der Waals surface area contributed by atoms with Crippen LogP contribution in [0.2, 0.25) is 0 Å². The number of pyridine rings is 2. The van der Waals surface area contributed by atoms with Gasteiger partial charge in [-0.1, -0.05) is 42.5 Å². The van der Waals surface area contributed by atoms with Gasteiger partial charge in [0.15, 0.2) is 0 Å². The molecular formula is C30H25N3O4. The lowest BCUT2D eigenvalue weighted by molar-refractivity contribution is -0.140. The Balaban J connectivity index is 1.51. The Kier molecular flexibility index (Phi) is 6.76. The summed E-state index contributed by atoms with van der Waals surface area (Å²) < 4.78 is 5.90. The van der Waals surface area contributed by atoms with E-state index in [9.17, 15) is 14.7 Å². The SMILES string of the molecule is Cc1cc(OCc2ccccc2)ccc1/C(O)=C1\C(=O)C(=O)N(Cc2cccnc2)[C@H]1c1cccnc1. The fourth-order valence-electron chi connectivity index (χ4n) is 4.49. The van der Waals surface area contributed by atoms with Crippen LogP contribution in [0.4, 0.5) is 0 Å². The Morgan fingerprint density at radius 3 is 2.32 bits per heavy atom. The first-order chi connectivity index (χ1) is 18.0. The molecule has 1 aliphatic heterocycles. The number of hydrogen-bond acceptors (Lipinski definition) is 6. The van der Waals surface area contributed by atoms with Crippen molar-refractivity contribution in [1.29, 1.82) is 0 Å². The van der Waals surface area contributed by atoms with E-state index in [2.05, 4.69) is 9.97 Å². The standard InChI is InChI=1S/C30H25N3O4/c1-20-15-24(37-19-21-7-3-2-4-8-21)11-12-25(20)28(34)26-27(23-10-6-14-32-17-23)33(30(36)29(26)35)18-22-9-5-13-31-16-22/h2-17,27,34H,18-19H2,1H3/b28-26+/t27-/m0/s1. The zero-order valence-corrected chi connectivity index (χ0v) is 20.2. The molecule has 1 aliphatic rings. The average Bonchev–Trinajstić information content (AvgIpc) is 3.18. The molecule has 2 aromatic carbocycles. The number of carbonyl (C=O) groups excluding carboxylic acids is 2. The molecule has 1 fully saturated rings. The third-order valence-corrected chi connectivity index (χ3v) is 6.32. The molecule has 37 heavy (non-hydrogen) atoms. The quantitative estimate of drug-likeness (QED) is 0.223. The number of ketones is 1. The van der Waals surface area contributed by atoms with E-state index in [1.165, 1.54) is 4.90 Å². The summed E-state index contributed by atoms with van der Waals surface area (Å²) in [7, 11) is 0. The van der Waals surface area contributed by atoms with Crippen LogP contribution in [0.15, 0.2) is 103 Å². The van der Waals surface area contributed by atoms with E-state index in [1.54, 1.807) is 55.1 Å². The molecule has 0 spiro atoms. The van der Waals surface area contributed by atoms with Crippen molar-refractivity contribution < 1.29 is 19.4 Å². The van der Waals surface area contributed by atoms with Crippen LogP contribution in [0, 0.1) is 6.92 Å². The van der Waals surface area contributed by atoms with Crippen LogP contribution in [0.3, 0.4) is 0 Å². The summed E-state index contributed by atoms with van der Waals surface area (Å²) in [6.07, 6.45) is 6.52. The molecule has 1 atom stereocenters. The normalized spacial score (nSPS) is 16.7. The van der Waals surface area contributed by atoms with Crippen LogP contribution in [0.5, 0.6) is 5.75 Å². The van der Waals surface area contributed by atoms with Gasteiger partial charge in [0.2, 0.25) is 0 Å². The summed E-state index contributed by atoms with van der Waals surface area (Å²) in [6, 6.07) is 21.4. The number of aryl methyl sites for hydroxylation is 1. The number of nitrogens with zero attached hydrogens (tertiary/aromatic N) is 3. The Hall–Kier alpha value is -4.78. The molecule has 0 saturated carbocycles. The predicted octanol–water partition coefficient (Wildman–Crippen LogP) is 4.99. The van der Waals surface area contributed by atoms with Crippen LogP contribution in [-0.2, 0) is 22.7 Å². The van der Waals surface area contributed by atoms with Gasteiger partial charge >= 0.3 is 0 Å². The van der Waals surface area contributed by atoms with Gasteiger partial charge in [-0.2, -0.15) is 0 Å². The molecule has 3 heterocycles. The van der Waals surface area contributed by atoms with Gasteiger partial charge in [-0.3, -0.25) is 19.6 Å². The zero-order chi connectivity index (χ0) is 25.8. The van der Waals surface area contributed by atoms with Gasteiger partial charge < -0.3 is 14.7 Å². The number of carbonyl (C=O) groups is 2. The van der Waals surface area contributed by atoms with Gasteiger partial charge in [0.25, 0.3) is 11.7 Å². The number of Topliss-reactive ketones (excluding diaryl/α,β-unsaturated/α-hetero) is 1. The second-order valence-corrected chi connectivity index (χ2v) is 8.83. The summed E-state index contributed by atoms with van der Waals surface area (Å²) >= 11 is 0. The highest BCUT2D eigenvalue weighted by atomic mass is 16.5. The molecule has 7 heteroatoms. The second-order valence-electron chi connectivity index (χ2n) is 8.83. The number of likely N-dealkylation sites (tertiary alicyclic amines) is 1. The van der Waals surface area contributed by atoms with Crippen molar-refractivity contribution in [2.45, 2.75) is 26.1 Å². The number of aliphatic hydroxyl groups excluding tert-OH is 1. The third-order valence-electron chi connectivity index (χ3n) is 6.32. The van der Waals surface area contributed by atoms with Gasteiger partial charge in [-0.05, 0) is 59.5 Å².